The number of nitrogens with one attached hydrogen (secondary N) is 1. The van der Waals surface area contributed by atoms with Gasteiger partial charge in [0.15, 0.2) is 0 Å². The quantitative estimate of drug-likeness (QED) is 0.876. The first kappa shape index (κ1) is 14.5. The molecule has 0 amide bonds. The van der Waals surface area contributed by atoms with E-state index < -0.39 is 6.10 Å². The molecule has 0 spiro atoms. The number of aliphatic hydroxyl groups is 1. The second kappa shape index (κ2) is 7.65. The number of halogens is 1. The highest BCUT2D eigenvalue weighted by atomic mass is 35.5. The van der Waals surface area contributed by atoms with Crippen LogP contribution in [-0.4, -0.2) is 40.7 Å². The Labute approximate surface area is 122 Å². The van der Waals surface area contributed by atoms with Crippen LogP contribution in [-0.2, 0) is 0 Å². The van der Waals surface area contributed by atoms with Gasteiger partial charge in [-0.1, -0.05) is 23.7 Å². The van der Waals surface area contributed by atoms with Crippen LogP contribution in [0.15, 0.2) is 24.3 Å². The number of aliphatic hydroxyl groups excluding tert-OH is 1. The molecule has 1 aliphatic rings. The van der Waals surface area contributed by atoms with Gasteiger partial charge in [0.1, 0.15) is 0 Å². The first-order valence-electron chi connectivity index (χ1n) is 6.09. The minimum absolute atomic E-state index is 0.455. The molecule has 1 heterocycles. The molecule has 5 heteroatoms. The maximum atomic E-state index is 10.0. The monoisotopic (exact) mass is 303 g/mol. The lowest BCUT2D eigenvalue weighted by Crippen LogP contribution is -2.31. The van der Waals surface area contributed by atoms with E-state index in [2.05, 4.69) is 5.32 Å². The molecule has 0 saturated carbocycles. The van der Waals surface area contributed by atoms with Crippen LogP contribution in [0.1, 0.15) is 11.7 Å². The van der Waals surface area contributed by atoms with Crippen LogP contribution in [0.25, 0.3) is 0 Å². The van der Waals surface area contributed by atoms with Crippen LogP contribution in [0.4, 0.5) is 0 Å². The van der Waals surface area contributed by atoms with Crippen molar-refractivity contribution >= 4 is 35.1 Å². The van der Waals surface area contributed by atoms with Crippen molar-refractivity contribution in [1.82, 2.24) is 5.32 Å². The second-order valence-corrected chi connectivity index (χ2v) is 7.29. The van der Waals surface area contributed by atoms with Gasteiger partial charge in [-0.15, -0.1) is 0 Å². The van der Waals surface area contributed by atoms with Crippen molar-refractivity contribution in [1.29, 1.82) is 0 Å². The Hall–Kier alpha value is 0.130. The first-order chi connectivity index (χ1) is 8.75. The van der Waals surface area contributed by atoms with Crippen molar-refractivity contribution in [2.45, 2.75) is 11.4 Å². The van der Waals surface area contributed by atoms with E-state index in [9.17, 15) is 5.11 Å². The fourth-order valence-electron chi connectivity index (χ4n) is 1.84. The Balaban J connectivity index is 1.70. The lowest BCUT2D eigenvalue weighted by atomic mass is 10.1. The van der Waals surface area contributed by atoms with E-state index in [0.29, 0.717) is 16.8 Å². The highest BCUT2D eigenvalue weighted by molar-refractivity contribution is 8.06. The predicted molar refractivity (Wildman–Crippen MR) is 82.9 cm³/mol. The molecule has 0 bridgehead atoms. The molecule has 0 aromatic heterocycles. The summed E-state index contributed by atoms with van der Waals surface area (Å²) >= 11 is 9.87. The molecular formula is C13H18ClNOS2. The minimum atomic E-state index is -0.455. The predicted octanol–water partition coefficient (Wildman–Crippen LogP) is 2.81. The second-order valence-electron chi connectivity index (χ2n) is 4.29. The van der Waals surface area contributed by atoms with E-state index in [1.807, 2.05) is 47.8 Å². The van der Waals surface area contributed by atoms with Gasteiger partial charge in [-0.3, -0.25) is 0 Å². The van der Waals surface area contributed by atoms with Crippen molar-refractivity contribution in [3.05, 3.63) is 34.9 Å². The summed E-state index contributed by atoms with van der Waals surface area (Å²) in [6.07, 6.45) is -0.455. The first-order valence-corrected chi connectivity index (χ1v) is 8.67. The Bertz CT molecular complexity index is 355. The highest BCUT2D eigenvalue weighted by Gasteiger charge is 2.14. The summed E-state index contributed by atoms with van der Waals surface area (Å²) in [7, 11) is 0. The summed E-state index contributed by atoms with van der Waals surface area (Å²) in [5.74, 6) is 3.74. The van der Waals surface area contributed by atoms with E-state index >= 15 is 0 Å². The van der Waals surface area contributed by atoms with Gasteiger partial charge in [-0.25, -0.2) is 0 Å². The molecule has 100 valence electrons. The van der Waals surface area contributed by atoms with Gasteiger partial charge in [0.2, 0.25) is 0 Å². The van der Waals surface area contributed by atoms with Crippen LogP contribution in [0.2, 0.25) is 5.02 Å². The highest BCUT2D eigenvalue weighted by Crippen LogP contribution is 2.23. The van der Waals surface area contributed by atoms with E-state index in [4.69, 9.17) is 11.6 Å². The lowest BCUT2D eigenvalue weighted by molar-refractivity contribution is 0.175. The molecule has 1 aromatic rings. The zero-order valence-corrected chi connectivity index (χ0v) is 12.5. The Morgan fingerprint density at radius 1 is 1.33 bits per heavy atom. The summed E-state index contributed by atoms with van der Waals surface area (Å²) in [4.78, 5) is 0. The smallest absolute Gasteiger partial charge is 0.0914 e. The van der Waals surface area contributed by atoms with Gasteiger partial charge in [-0.05, 0) is 17.7 Å². The van der Waals surface area contributed by atoms with Crippen LogP contribution >= 0.6 is 35.1 Å². The van der Waals surface area contributed by atoms with E-state index in [1.165, 1.54) is 17.3 Å². The summed E-state index contributed by atoms with van der Waals surface area (Å²) < 4.78 is 0. The molecule has 1 aromatic carbocycles. The molecule has 2 unspecified atom stereocenters. The van der Waals surface area contributed by atoms with Crippen molar-refractivity contribution in [3.8, 4) is 0 Å². The van der Waals surface area contributed by atoms with Crippen molar-refractivity contribution in [2.24, 2.45) is 0 Å². The SMILES string of the molecule is OC(CNCC1CSCCS1)c1ccc(Cl)cc1. The third-order valence-electron chi connectivity index (χ3n) is 2.85. The molecule has 1 fully saturated rings. The normalized spacial score (nSPS) is 21.8. The van der Waals surface area contributed by atoms with Gasteiger partial charge < -0.3 is 10.4 Å². The minimum Gasteiger partial charge on any atom is -0.387 e. The van der Waals surface area contributed by atoms with Crippen molar-refractivity contribution in [2.75, 3.05) is 30.3 Å². The van der Waals surface area contributed by atoms with Crippen LogP contribution in [0.5, 0.6) is 0 Å². The molecule has 2 nitrogen and oxygen atoms in total. The largest absolute Gasteiger partial charge is 0.387 e. The standard InChI is InChI=1S/C13H18ClNOS2/c14-11-3-1-10(2-4-11)13(16)8-15-7-12-9-17-5-6-18-12/h1-4,12-13,15-16H,5-9H2. The van der Waals surface area contributed by atoms with Gasteiger partial charge >= 0.3 is 0 Å². The maximum absolute atomic E-state index is 10.0. The summed E-state index contributed by atoms with van der Waals surface area (Å²) in [6.45, 7) is 1.58. The van der Waals surface area contributed by atoms with Gasteiger partial charge in [0.05, 0.1) is 6.10 Å². The molecular weight excluding hydrogens is 286 g/mol. The van der Waals surface area contributed by atoms with E-state index in [1.54, 1.807) is 0 Å². The zero-order chi connectivity index (χ0) is 12.8. The Morgan fingerprint density at radius 3 is 2.78 bits per heavy atom. The van der Waals surface area contributed by atoms with Crippen molar-refractivity contribution < 1.29 is 5.11 Å². The maximum Gasteiger partial charge on any atom is 0.0914 e. The molecule has 2 rings (SSSR count). The van der Waals surface area contributed by atoms with Crippen LogP contribution in [0.3, 0.4) is 0 Å². The van der Waals surface area contributed by atoms with Crippen LogP contribution < -0.4 is 5.32 Å². The average Bonchev–Trinajstić information content (AvgIpc) is 2.40. The number of benzene rings is 1. The summed E-state index contributed by atoms with van der Waals surface area (Å²) in [5.41, 5.74) is 0.914. The third kappa shape index (κ3) is 4.67. The fourth-order valence-corrected chi connectivity index (χ4v) is 4.61. The van der Waals surface area contributed by atoms with Crippen molar-refractivity contribution in [3.63, 3.8) is 0 Å². The summed E-state index contributed by atoms with van der Waals surface area (Å²) in [5, 5.41) is 14.8. The lowest BCUT2D eigenvalue weighted by Gasteiger charge is -2.22. The van der Waals surface area contributed by atoms with Gasteiger partial charge in [0, 0.05) is 40.6 Å². The fraction of sp³-hybridized carbons (Fsp3) is 0.538. The number of rotatable bonds is 5. The van der Waals surface area contributed by atoms with Gasteiger partial charge in [-0.2, -0.15) is 23.5 Å². The Morgan fingerprint density at radius 2 is 2.11 bits per heavy atom. The van der Waals surface area contributed by atoms with E-state index in [-0.39, 0.29) is 0 Å². The Kier molecular flexibility index (Phi) is 6.18. The molecule has 2 N–H and O–H groups in total. The molecule has 0 aliphatic carbocycles. The molecule has 1 aliphatic heterocycles. The summed E-state index contributed by atoms with van der Waals surface area (Å²) in [6, 6.07) is 7.38. The van der Waals surface area contributed by atoms with Gasteiger partial charge in [0.25, 0.3) is 0 Å². The molecule has 0 radical (unpaired) electrons. The molecule has 1 saturated heterocycles. The topological polar surface area (TPSA) is 32.3 Å². The number of thioether (sulfide) groups is 2. The molecule has 2 atom stereocenters. The molecule has 18 heavy (non-hydrogen) atoms. The number of hydrogen-bond acceptors (Lipinski definition) is 4. The zero-order valence-electron chi connectivity index (χ0n) is 10.1. The van der Waals surface area contributed by atoms with E-state index in [0.717, 1.165) is 12.1 Å². The van der Waals surface area contributed by atoms with Crippen LogP contribution in [0, 0.1) is 0 Å². The number of hydrogen-bond donors (Lipinski definition) is 2. The average molecular weight is 304 g/mol. The third-order valence-corrected chi connectivity index (χ3v) is 5.95.